The average molecular weight is 245 g/mol. The van der Waals surface area contributed by atoms with Gasteiger partial charge in [0.25, 0.3) is 0 Å². The van der Waals surface area contributed by atoms with Gasteiger partial charge in [0.15, 0.2) is 0 Å². The average Bonchev–Trinajstić information content (AvgIpc) is 2.98. The summed E-state index contributed by atoms with van der Waals surface area (Å²) in [5.74, 6) is 0. The maximum atomic E-state index is 4.32. The highest BCUT2D eigenvalue weighted by Gasteiger charge is 2.14. The third kappa shape index (κ3) is 0.915. The van der Waals surface area contributed by atoms with Crippen molar-refractivity contribution in [2.24, 2.45) is 0 Å². The minimum Gasteiger partial charge on any atom is -0.264 e. The SMILES string of the molecule is c1cc2c(cn1)c1nsnc1c1nsnc21. The first kappa shape index (κ1) is 8.43. The van der Waals surface area contributed by atoms with E-state index in [2.05, 4.69) is 22.5 Å². The van der Waals surface area contributed by atoms with Crippen LogP contribution in [0.2, 0.25) is 0 Å². The van der Waals surface area contributed by atoms with Crippen LogP contribution >= 0.6 is 23.5 Å². The second-order valence-electron chi connectivity index (χ2n) is 3.34. The molecule has 4 rings (SSSR count). The zero-order chi connectivity index (χ0) is 10.5. The molecule has 0 atom stereocenters. The number of hydrogen-bond donors (Lipinski definition) is 0. The van der Waals surface area contributed by atoms with Crippen molar-refractivity contribution in [1.29, 1.82) is 0 Å². The molecule has 0 N–H and O–H groups in total. The molecule has 3 aromatic heterocycles. The molecule has 0 aliphatic rings. The van der Waals surface area contributed by atoms with Crippen molar-refractivity contribution < 1.29 is 0 Å². The first-order valence-corrected chi connectivity index (χ1v) is 6.01. The monoisotopic (exact) mass is 245 g/mol. The van der Waals surface area contributed by atoms with Crippen molar-refractivity contribution in [3.05, 3.63) is 18.5 Å². The van der Waals surface area contributed by atoms with Crippen LogP contribution in [0.3, 0.4) is 0 Å². The molecule has 0 aliphatic carbocycles. The smallest absolute Gasteiger partial charge is 0.134 e. The molecule has 0 amide bonds. The fourth-order valence-electron chi connectivity index (χ4n) is 1.83. The Hall–Kier alpha value is -1.73. The Morgan fingerprint density at radius 2 is 1.38 bits per heavy atom. The summed E-state index contributed by atoms with van der Waals surface area (Å²) in [6.07, 6.45) is 3.56. The van der Waals surface area contributed by atoms with E-state index in [9.17, 15) is 0 Å². The highest BCUT2D eigenvalue weighted by atomic mass is 32.1. The van der Waals surface area contributed by atoms with Crippen molar-refractivity contribution in [2.45, 2.75) is 0 Å². The summed E-state index contributed by atoms with van der Waals surface area (Å²) in [7, 11) is 0. The van der Waals surface area contributed by atoms with Gasteiger partial charge in [-0.2, -0.15) is 17.5 Å². The van der Waals surface area contributed by atoms with Crippen LogP contribution in [0.15, 0.2) is 18.5 Å². The first-order valence-electron chi connectivity index (χ1n) is 4.55. The largest absolute Gasteiger partial charge is 0.264 e. The highest BCUT2D eigenvalue weighted by Crippen LogP contribution is 2.31. The van der Waals surface area contributed by atoms with Crippen LogP contribution in [0.25, 0.3) is 32.8 Å². The Bertz CT molecular complexity index is 749. The Labute approximate surface area is 97.4 Å². The lowest BCUT2D eigenvalue weighted by atomic mass is 10.1. The van der Waals surface area contributed by atoms with Gasteiger partial charge in [-0.3, -0.25) is 4.98 Å². The summed E-state index contributed by atoms with van der Waals surface area (Å²) in [5.41, 5.74) is 3.43. The van der Waals surface area contributed by atoms with Gasteiger partial charge in [-0.1, -0.05) is 0 Å². The van der Waals surface area contributed by atoms with Gasteiger partial charge in [-0.25, -0.2) is 0 Å². The lowest BCUT2D eigenvalue weighted by Gasteiger charge is -1.97. The van der Waals surface area contributed by atoms with E-state index < -0.39 is 0 Å². The summed E-state index contributed by atoms with van der Waals surface area (Å²) in [6.45, 7) is 0. The topological polar surface area (TPSA) is 64.5 Å². The van der Waals surface area contributed by atoms with E-state index in [1.54, 1.807) is 12.4 Å². The number of rotatable bonds is 0. The predicted molar refractivity (Wildman–Crippen MR) is 63.7 cm³/mol. The van der Waals surface area contributed by atoms with Crippen LogP contribution < -0.4 is 0 Å². The number of hydrogen-bond acceptors (Lipinski definition) is 7. The maximum absolute atomic E-state index is 4.32. The third-order valence-electron chi connectivity index (χ3n) is 2.53. The molecule has 16 heavy (non-hydrogen) atoms. The number of nitrogens with zero attached hydrogens (tertiary/aromatic N) is 5. The van der Waals surface area contributed by atoms with Gasteiger partial charge < -0.3 is 0 Å². The zero-order valence-corrected chi connectivity index (χ0v) is 9.42. The molecule has 0 radical (unpaired) electrons. The summed E-state index contributed by atoms with van der Waals surface area (Å²) >= 11 is 2.40. The predicted octanol–water partition coefficient (Wildman–Crippen LogP) is 2.24. The molecule has 0 unspecified atom stereocenters. The number of fused-ring (bicyclic) bond motifs is 6. The van der Waals surface area contributed by atoms with Crippen molar-refractivity contribution in [3.8, 4) is 0 Å². The van der Waals surface area contributed by atoms with Gasteiger partial charge in [-0.15, -0.1) is 0 Å². The van der Waals surface area contributed by atoms with E-state index in [1.807, 2.05) is 6.07 Å². The van der Waals surface area contributed by atoms with Crippen LogP contribution in [0.4, 0.5) is 0 Å². The molecule has 0 spiro atoms. The molecule has 0 fully saturated rings. The van der Waals surface area contributed by atoms with E-state index in [0.29, 0.717) is 0 Å². The normalized spacial score (nSPS) is 11.8. The van der Waals surface area contributed by atoms with Crippen LogP contribution in [0, 0.1) is 0 Å². The van der Waals surface area contributed by atoms with Gasteiger partial charge in [0.1, 0.15) is 22.1 Å². The molecule has 0 bridgehead atoms. The summed E-state index contributed by atoms with van der Waals surface area (Å²) in [5, 5.41) is 2.03. The number of benzene rings is 1. The Morgan fingerprint density at radius 3 is 2.12 bits per heavy atom. The number of aromatic nitrogens is 5. The minimum absolute atomic E-state index is 0.828. The summed E-state index contributed by atoms with van der Waals surface area (Å²) in [4.78, 5) is 4.13. The molecule has 0 saturated carbocycles. The molecule has 0 aliphatic heterocycles. The van der Waals surface area contributed by atoms with Crippen molar-refractivity contribution in [3.63, 3.8) is 0 Å². The minimum atomic E-state index is 0.828. The van der Waals surface area contributed by atoms with Gasteiger partial charge >= 0.3 is 0 Å². The second kappa shape index (κ2) is 2.89. The van der Waals surface area contributed by atoms with Crippen molar-refractivity contribution in [1.82, 2.24) is 22.5 Å². The van der Waals surface area contributed by atoms with E-state index in [4.69, 9.17) is 0 Å². The van der Waals surface area contributed by atoms with Crippen molar-refractivity contribution >= 4 is 56.3 Å². The molecule has 76 valence electrons. The molecule has 0 saturated heterocycles. The lowest BCUT2D eigenvalue weighted by Crippen LogP contribution is -1.82. The van der Waals surface area contributed by atoms with E-state index in [1.165, 1.54) is 23.5 Å². The summed E-state index contributed by atoms with van der Waals surface area (Å²) in [6, 6.07) is 1.94. The van der Waals surface area contributed by atoms with Gasteiger partial charge in [-0.05, 0) is 6.07 Å². The molecule has 3 heterocycles. The maximum Gasteiger partial charge on any atom is 0.134 e. The van der Waals surface area contributed by atoms with Crippen LogP contribution in [-0.4, -0.2) is 22.5 Å². The summed E-state index contributed by atoms with van der Waals surface area (Å²) < 4.78 is 17.2. The van der Waals surface area contributed by atoms with Crippen LogP contribution in [0.1, 0.15) is 0 Å². The van der Waals surface area contributed by atoms with Gasteiger partial charge in [0.05, 0.1) is 23.5 Å². The Balaban J connectivity index is 2.51. The fraction of sp³-hybridized carbons (Fsp3) is 0. The van der Waals surface area contributed by atoms with E-state index in [-0.39, 0.29) is 0 Å². The van der Waals surface area contributed by atoms with E-state index in [0.717, 1.165) is 32.8 Å². The zero-order valence-electron chi connectivity index (χ0n) is 7.78. The Kier molecular flexibility index (Phi) is 1.52. The Morgan fingerprint density at radius 1 is 0.750 bits per heavy atom. The quantitative estimate of drug-likeness (QED) is 0.475. The highest BCUT2D eigenvalue weighted by molar-refractivity contribution is 7.01. The molecule has 1 aromatic carbocycles. The lowest BCUT2D eigenvalue weighted by molar-refractivity contribution is 1.37. The molecular weight excluding hydrogens is 242 g/mol. The van der Waals surface area contributed by atoms with E-state index >= 15 is 0 Å². The third-order valence-corrected chi connectivity index (χ3v) is 3.59. The second-order valence-corrected chi connectivity index (χ2v) is 4.40. The van der Waals surface area contributed by atoms with Gasteiger partial charge in [0.2, 0.25) is 0 Å². The molecule has 7 heteroatoms. The van der Waals surface area contributed by atoms with Crippen LogP contribution in [-0.2, 0) is 0 Å². The van der Waals surface area contributed by atoms with Crippen LogP contribution in [0.5, 0.6) is 0 Å². The molecule has 5 nitrogen and oxygen atoms in total. The fourth-order valence-corrected chi connectivity index (χ4v) is 2.95. The van der Waals surface area contributed by atoms with Gasteiger partial charge in [0, 0.05) is 23.2 Å². The molecular formula is C9H3N5S2. The number of pyridine rings is 1. The molecule has 4 aromatic rings. The van der Waals surface area contributed by atoms with Crippen molar-refractivity contribution in [2.75, 3.05) is 0 Å². The first-order chi connectivity index (χ1) is 7.95. The standard InChI is InChI=1S/C9H3N5S2/c1-2-10-3-5-4(1)6-8(13-15-11-6)9-7(5)12-16-14-9/h1-3H.